The van der Waals surface area contributed by atoms with Crippen LogP contribution in [0.1, 0.15) is 12.5 Å². The zero-order chi connectivity index (χ0) is 9.14. The topological polar surface area (TPSA) is 20.3 Å². The lowest BCUT2D eigenvalue weighted by atomic mass is 10.2. The van der Waals surface area contributed by atoms with Gasteiger partial charge in [-0.25, -0.2) is 0 Å². The average molecular weight is 167 g/mol. The summed E-state index contributed by atoms with van der Waals surface area (Å²) in [5.74, 6) is -0.607. The van der Waals surface area contributed by atoms with Crippen LogP contribution in [0.15, 0.2) is 24.3 Å². The fourth-order valence-electron chi connectivity index (χ4n) is 0.953. The molecule has 1 amide bonds. The third-order valence-corrected chi connectivity index (χ3v) is 1.60. The minimum Gasteiger partial charge on any atom is -0.272 e. The van der Waals surface area contributed by atoms with Crippen LogP contribution in [0.4, 0.5) is 10.2 Å². The van der Waals surface area contributed by atoms with Crippen LogP contribution in [0, 0.1) is 6.92 Å². The molecule has 1 rings (SSSR count). The molecule has 0 aromatic heterocycles. The van der Waals surface area contributed by atoms with Crippen molar-refractivity contribution < 1.29 is 9.28 Å². The van der Waals surface area contributed by atoms with Gasteiger partial charge in [0, 0.05) is 6.92 Å². The maximum Gasteiger partial charge on any atom is 0.251 e. The Hall–Kier alpha value is -1.38. The zero-order valence-electron chi connectivity index (χ0n) is 7.04. The van der Waals surface area contributed by atoms with Crippen LogP contribution >= 0.6 is 0 Å². The van der Waals surface area contributed by atoms with E-state index in [2.05, 4.69) is 0 Å². The largest absolute Gasteiger partial charge is 0.272 e. The van der Waals surface area contributed by atoms with E-state index in [0.29, 0.717) is 5.69 Å². The zero-order valence-corrected chi connectivity index (χ0v) is 7.04. The van der Waals surface area contributed by atoms with Crippen LogP contribution in [0.5, 0.6) is 0 Å². The van der Waals surface area contributed by atoms with Gasteiger partial charge in [0.1, 0.15) is 0 Å². The molecule has 0 heterocycles. The van der Waals surface area contributed by atoms with Gasteiger partial charge in [-0.3, -0.25) is 4.79 Å². The lowest BCUT2D eigenvalue weighted by Crippen LogP contribution is -2.18. The van der Waals surface area contributed by atoms with E-state index in [9.17, 15) is 9.28 Å². The molecule has 0 saturated heterocycles. The van der Waals surface area contributed by atoms with E-state index in [1.807, 2.05) is 0 Å². The molecule has 0 fully saturated rings. The third kappa shape index (κ3) is 1.61. The summed E-state index contributed by atoms with van der Waals surface area (Å²) in [6.07, 6.45) is 0. The van der Waals surface area contributed by atoms with E-state index in [-0.39, 0.29) is 5.12 Å². The smallest absolute Gasteiger partial charge is 0.251 e. The molecule has 0 atom stereocenters. The summed E-state index contributed by atoms with van der Waals surface area (Å²) in [5, 5.41) is 0.148. The van der Waals surface area contributed by atoms with Crippen LogP contribution in [0.2, 0.25) is 0 Å². The van der Waals surface area contributed by atoms with Crippen LogP contribution < -0.4 is 5.12 Å². The molecular weight excluding hydrogens is 157 g/mol. The predicted molar refractivity (Wildman–Crippen MR) is 45.4 cm³/mol. The number of carbonyl (C=O) groups is 1. The number of halogens is 1. The van der Waals surface area contributed by atoms with Gasteiger partial charge >= 0.3 is 0 Å². The van der Waals surface area contributed by atoms with Crippen LogP contribution in [0.3, 0.4) is 0 Å². The second-order valence-electron chi connectivity index (χ2n) is 2.59. The number of amides is 1. The number of nitrogens with zero attached hydrogens (tertiary/aromatic N) is 1. The third-order valence-electron chi connectivity index (χ3n) is 1.60. The van der Waals surface area contributed by atoms with Gasteiger partial charge < -0.3 is 0 Å². The number of aryl methyl sites for hydroxylation is 1. The van der Waals surface area contributed by atoms with Gasteiger partial charge in [-0.05, 0) is 18.6 Å². The lowest BCUT2D eigenvalue weighted by Gasteiger charge is -2.11. The van der Waals surface area contributed by atoms with Crippen molar-refractivity contribution in [1.29, 1.82) is 0 Å². The van der Waals surface area contributed by atoms with Crippen molar-refractivity contribution in [2.24, 2.45) is 0 Å². The molecule has 0 spiro atoms. The minimum atomic E-state index is -0.607. The van der Waals surface area contributed by atoms with Crippen molar-refractivity contribution in [3.8, 4) is 0 Å². The molecule has 0 aliphatic carbocycles. The lowest BCUT2D eigenvalue weighted by molar-refractivity contribution is -0.119. The van der Waals surface area contributed by atoms with E-state index in [1.165, 1.54) is 6.92 Å². The quantitative estimate of drug-likeness (QED) is 0.587. The fraction of sp³-hybridized carbons (Fsp3) is 0.222. The molecule has 2 nitrogen and oxygen atoms in total. The van der Waals surface area contributed by atoms with Crippen molar-refractivity contribution in [2.45, 2.75) is 13.8 Å². The molecule has 0 bridgehead atoms. The van der Waals surface area contributed by atoms with E-state index < -0.39 is 5.91 Å². The summed E-state index contributed by atoms with van der Waals surface area (Å²) < 4.78 is 13.0. The first-order valence-corrected chi connectivity index (χ1v) is 3.65. The van der Waals surface area contributed by atoms with Gasteiger partial charge in [-0.1, -0.05) is 22.7 Å². The highest BCUT2D eigenvalue weighted by molar-refractivity contribution is 5.89. The highest BCUT2D eigenvalue weighted by atomic mass is 19.2. The van der Waals surface area contributed by atoms with E-state index >= 15 is 0 Å². The molecule has 0 aliphatic heterocycles. The SMILES string of the molecule is CC(=O)N(F)c1ccccc1C. The number of hydrogen-bond acceptors (Lipinski definition) is 1. The number of rotatable bonds is 1. The fourth-order valence-corrected chi connectivity index (χ4v) is 0.953. The Morgan fingerprint density at radius 3 is 2.50 bits per heavy atom. The Morgan fingerprint density at radius 2 is 2.00 bits per heavy atom. The second-order valence-corrected chi connectivity index (χ2v) is 2.59. The first kappa shape index (κ1) is 8.71. The molecule has 0 N–H and O–H groups in total. The predicted octanol–water partition coefficient (Wildman–Crippen LogP) is 2.23. The van der Waals surface area contributed by atoms with E-state index in [1.54, 1.807) is 31.2 Å². The summed E-state index contributed by atoms with van der Waals surface area (Å²) >= 11 is 0. The summed E-state index contributed by atoms with van der Waals surface area (Å²) in [7, 11) is 0. The number of anilines is 1. The Bertz CT molecular complexity index is 298. The van der Waals surface area contributed by atoms with Gasteiger partial charge in [0.2, 0.25) is 0 Å². The summed E-state index contributed by atoms with van der Waals surface area (Å²) in [6, 6.07) is 6.81. The van der Waals surface area contributed by atoms with E-state index in [0.717, 1.165) is 5.56 Å². The van der Waals surface area contributed by atoms with Crippen molar-refractivity contribution in [3.63, 3.8) is 0 Å². The van der Waals surface area contributed by atoms with Gasteiger partial charge in [0.15, 0.2) is 0 Å². The van der Waals surface area contributed by atoms with E-state index in [4.69, 9.17) is 0 Å². The molecule has 1 aromatic carbocycles. The molecule has 0 unspecified atom stereocenters. The Kier molecular flexibility index (Phi) is 2.43. The van der Waals surface area contributed by atoms with Crippen LogP contribution in [0.25, 0.3) is 0 Å². The molecule has 0 radical (unpaired) electrons. The minimum absolute atomic E-state index is 0.148. The summed E-state index contributed by atoms with van der Waals surface area (Å²) in [5.41, 5.74) is 1.06. The van der Waals surface area contributed by atoms with Gasteiger partial charge in [-0.15, -0.1) is 5.12 Å². The molecule has 12 heavy (non-hydrogen) atoms. The van der Waals surface area contributed by atoms with Crippen LogP contribution in [-0.2, 0) is 4.79 Å². The van der Waals surface area contributed by atoms with Crippen molar-refractivity contribution >= 4 is 11.6 Å². The Morgan fingerprint density at radius 1 is 1.42 bits per heavy atom. The van der Waals surface area contributed by atoms with Crippen molar-refractivity contribution in [3.05, 3.63) is 29.8 Å². The molecule has 64 valence electrons. The molecule has 0 saturated carbocycles. The Labute approximate surface area is 70.5 Å². The van der Waals surface area contributed by atoms with Gasteiger partial charge in [0.25, 0.3) is 5.91 Å². The standard InChI is InChI=1S/C9H10FNO/c1-7-5-3-4-6-9(7)11(10)8(2)12/h3-6H,1-2H3. The number of para-hydroxylation sites is 1. The van der Waals surface area contributed by atoms with Gasteiger partial charge in [0.05, 0.1) is 5.69 Å². The monoisotopic (exact) mass is 167 g/mol. The highest BCUT2D eigenvalue weighted by Crippen LogP contribution is 2.19. The Balaban J connectivity index is 3.02. The number of carbonyl (C=O) groups excluding carboxylic acids is 1. The number of benzene rings is 1. The van der Waals surface area contributed by atoms with Crippen molar-refractivity contribution in [1.82, 2.24) is 0 Å². The maximum atomic E-state index is 13.0. The summed E-state index contributed by atoms with van der Waals surface area (Å²) in [6.45, 7) is 2.94. The van der Waals surface area contributed by atoms with Crippen molar-refractivity contribution in [2.75, 3.05) is 5.12 Å². The maximum absolute atomic E-state index is 13.0. The molecule has 0 aliphatic rings. The van der Waals surface area contributed by atoms with Gasteiger partial charge in [-0.2, -0.15) is 0 Å². The summed E-state index contributed by atoms with van der Waals surface area (Å²) in [4.78, 5) is 10.6. The second kappa shape index (κ2) is 3.34. The number of hydrogen-bond donors (Lipinski definition) is 0. The first-order chi connectivity index (χ1) is 5.63. The highest BCUT2D eigenvalue weighted by Gasteiger charge is 2.11. The molecule has 1 aromatic rings. The normalized spacial score (nSPS) is 9.58. The average Bonchev–Trinajstić information content (AvgIpc) is 2.04. The molecular formula is C9H10FNO. The van der Waals surface area contributed by atoms with Crippen LogP contribution in [-0.4, -0.2) is 5.91 Å². The first-order valence-electron chi connectivity index (χ1n) is 3.65. The molecule has 3 heteroatoms.